The summed E-state index contributed by atoms with van der Waals surface area (Å²) in [6.45, 7) is 1.80. The van der Waals surface area contributed by atoms with E-state index in [0.717, 1.165) is 35.5 Å². The van der Waals surface area contributed by atoms with Crippen LogP contribution in [-0.4, -0.2) is 45.0 Å². The molecule has 0 aliphatic carbocycles. The van der Waals surface area contributed by atoms with Crippen LogP contribution in [0, 0.1) is 0 Å². The molecule has 0 saturated carbocycles. The molecule has 0 radical (unpaired) electrons. The number of hydrogen-bond acceptors (Lipinski definition) is 6. The highest BCUT2D eigenvalue weighted by Crippen LogP contribution is 2.49. The van der Waals surface area contributed by atoms with E-state index >= 15 is 0 Å². The van der Waals surface area contributed by atoms with Crippen LogP contribution in [0.5, 0.6) is 17.2 Å². The number of nitrogens with zero attached hydrogens (tertiary/aromatic N) is 1. The number of ether oxygens (including phenoxy) is 3. The molecule has 5 nitrogen and oxygen atoms in total. The van der Waals surface area contributed by atoms with E-state index in [4.69, 9.17) is 14.2 Å². The predicted molar refractivity (Wildman–Crippen MR) is 107 cm³/mol. The van der Waals surface area contributed by atoms with Crippen LogP contribution >= 0.6 is 11.3 Å². The number of carbonyl (C=O) groups excluding carboxylic acids is 1. The molecule has 4 rings (SSSR count). The molecular weight excluding hydrogens is 362 g/mol. The van der Waals surface area contributed by atoms with E-state index in [-0.39, 0.29) is 5.78 Å². The summed E-state index contributed by atoms with van der Waals surface area (Å²) in [6, 6.07) is 5.68. The van der Waals surface area contributed by atoms with Crippen LogP contribution in [0.1, 0.15) is 27.2 Å². The quantitative estimate of drug-likeness (QED) is 0.744. The number of fused-ring (bicyclic) bond motifs is 1. The summed E-state index contributed by atoms with van der Waals surface area (Å²) in [7, 11) is 5.27. The Morgan fingerprint density at radius 2 is 2.00 bits per heavy atom. The fraction of sp³-hybridized carbons (Fsp3) is 0.286. The lowest BCUT2D eigenvalue weighted by Gasteiger charge is -2.24. The third kappa shape index (κ3) is 3.15. The van der Waals surface area contributed by atoms with Crippen LogP contribution in [-0.2, 0) is 0 Å². The molecule has 0 bridgehead atoms. The van der Waals surface area contributed by atoms with Crippen LogP contribution in [0.4, 0.5) is 0 Å². The lowest BCUT2D eigenvalue weighted by atomic mass is 9.94. The Kier molecular flexibility index (Phi) is 4.76. The van der Waals surface area contributed by atoms with Gasteiger partial charge in [-0.05, 0) is 30.5 Å². The Hall–Kier alpha value is -2.57. The second-order valence-corrected chi connectivity index (χ2v) is 7.54. The highest BCUT2D eigenvalue weighted by Gasteiger charge is 2.36. The molecule has 0 amide bonds. The number of ketones is 1. The zero-order chi connectivity index (χ0) is 19.0. The van der Waals surface area contributed by atoms with E-state index in [1.807, 2.05) is 17.5 Å². The first-order valence-corrected chi connectivity index (χ1v) is 9.65. The van der Waals surface area contributed by atoms with Crippen LogP contribution in [0.2, 0.25) is 0 Å². The van der Waals surface area contributed by atoms with Gasteiger partial charge < -0.3 is 19.1 Å². The second-order valence-electron chi connectivity index (χ2n) is 6.56. The van der Waals surface area contributed by atoms with Gasteiger partial charge in [0.2, 0.25) is 5.78 Å². The van der Waals surface area contributed by atoms with Crippen molar-refractivity contribution in [1.29, 1.82) is 0 Å². The Morgan fingerprint density at radius 1 is 1.22 bits per heavy atom. The molecule has 1 aromatic carbocycles. The van der Waals surface area contributed by atoms with E-state index in [1.54, 1.807) is 37.7 Å². The zero-order valence-electron chi connectivity index (χ0n) is 15.6. The van der Waals surface area contributed by atoms with Crippen molar-refractivity contribution in [1.82, 2.24) is 4.90 Å². The van der Waals surface area contributed by atoms with Crippen LogP contribution in [0.3, 0.4) is 0 Å². The Bertz CT molecular complexity index is 944. The summed E-state index contributed by atoms with van der Waals surface area (Å²) in [5.74, 6) is 1.82. The molecule has 0 saturated heterocycles. The predicted octanol–water partition coefficient (Wildman–Crippen LogP) is 4.10. The largest absolute Gasteiger partial charge is 0.496 e. The van der Waals surface area contributed by atoms with Gasteiger partial charge in [0.15, 0.2) is 11.5 Å². The van der Waals surface area contributed by atoms with Gasteiger partial charge >= 0.3 is 0 Å². The molecule has 2 aliphatic heterocycles. The second kappa shape index (κ2) is 7.21. The lowest BCUT2D eigenvalue weighted by Crippen LogP contribution is -2.23. The van der Waals surface area contributed by atoms with Gasteiger partial charge in [0, 0.05) is 30.1 Å². The van der Waals surface area contributed by atoms with Gasteiger partial charge in [0.25, 0.3) is 0 Å². The van der Waals surface area contributed by atoms with E-state index < -0.39 is 0 Å². The summed E-state index contributed by atoms with van der Waals surface area (Å²) >= 11 is 1.56. The first-order chi connectivity index (χ1) is 13.1. The average molecular weight is 383 g/mol. The van der Waals surface area contributed by atoms with E-state index in [2.05, 4.69) is 18.0 Å². The highest BCUT2D eigenvalue weighted by atomic mass is 32.1. The molecule has 2 aliphatic rings. The van der Waals surface area contributed by atoms with Crippen molar-refractivity contribution >= 4 is 28.8 Å². The summed E-state index contributed by atoms with van der Waals surface area (Å²) in [5.41, 5.74) is 2.45. The summed E-state index contributed by atoms with van der Waals surface area (Å²) in [5, 5.41) is 1.97. The minimum absolute atomic E-state index is 0.160. The molecule has 0 atom stereocenters. The van der Waals surface area contributed by atoms with Crippen molar-refractivity contribution in [3.05, 3.63) is 51.4 Å². The molecule has 0 spiro atoms. The van der Waals surface area contributed by atoms with Crippen LogP contribution < -0.4 is 14.2 Å². The molecule has 2 aromatic rings. The van der Waals surface area contributed by atoms with E-state index in [1.165, 1.54) is 0 Å². The van der Waals surface area contributed by atoms with Gasteiger partial charge in [-0.2, -0.15) is 0 Å². The van der Waals surface area contributed by atoms with Gasteiger partial charge in [0.05, 0.1) is 19.8 Å². The van der Waals surface area contributed by atoms with Crippen molar-refractivity contribution in [2.75, 3.05) is 34.4 Å². The maximum absolute atomic E-state index is 13.1. The Morgan fingerprint density at radius 3 is 2.63 bits per heavy atom. The number of thiophene rings is 1. The first-order valence-electron chi connectivity index (χ1n) is 8.77. The monoisotopic (exact) mass is 383 g/mol. The van der Waals surface area contributed by atoms with E-state index in [9.17, 15) is 4.79 Å². The normalized spacial score (nSPS) is 18.3. The number of allylic oxidation sites excluding steroid dienone is 1. The zero-order valence-corrected chi connectivity index (χ0v) is 16.4. The van der Waals surface area contributed by atoms with Crippen molar-refractivity contribution < 1.29 is 19.0 Å². The number of benzene rings is 1. The van der Waals surface area contributed by atoms with Gasteiger partial charge in [-0.3, -0.25) is 4.79 Å². The standard InChI is InChI=1S/C21H21NO4S/c1-22-8-6-13(7-9-22)18-15(24-2)12-16(25-3)19-20(23)17(26-21(18)19)11-14-5-4-10-27-14/h4-6,10-12H,7-9H2,1-3H3/b17-11+. The summed E-state index contributed by atoms with van der Waals surface area (Å²) < 4.78 is 17.2. The highest BCUT2D eigenvalue weighted by molar-refractivity contribution is 7.10. The molecule has 140 valence electrons. The number of carbonyl (C=O) groups is 1. The first kappa shape index (κ1) is 17.8. The topological polar surface area (TPSA) is 48.0 Å². The number of Topliss-reactive ketones (excluding diaryl/α,β-unsaturated/α-hetero) is 1. The molecule has 6 heteroatoms. The van der Waals surface area contributed by atoms with Gasteiger partial charge in [-0.1, -0.05) is 12.1 Å². The molecule has 3 heterocycles. The number of methoxy groups -OCH3 is 2. The maximum atomic E-state index is 13.1. The average Bonchev–Trinajstić information content (AvgIpc) is 3.30. The fourth-order valence-corrected chi connectivity index (χ4v) is 4.08. The van der Waals surface area contributed by atoms with Crippen molar-refractivity contribution in [3.8, 4) is 17.2 Å². The molecule has 0 fully saturated rings. The minimum Gasteiger partial charge on any atom is -0.496 e. The van der Waals surface area contributed by atoms with Gasteiger partial charge in [-0.15, -0.1) is 11.3 Å². The van der Waals surface area contributed by atoms with Crippen LogP contribution in [0.25, 0.3) is 11.6 Å². The Labute approximate surface area is 162 Å². The third-order valence-electron chi connectivity index (χ3n) is 4.86. The van der Waals surface area contributed by atoms with Crippen molar-refractivity contribution in [3.63, 3.8) is 0 Å². The SMILES string of the molecule is COc1cc(OC)c(C2=CCN(C)CC2)c2c1C(=O)/C(=C\c1cccs1)O2. The molecule has 0 N–H and O–H groups in total. The third-order valence-corrected chi connectivity index (χ3v) is 5.68. The minimum atomic E-state index is -0.160. The smallest absolute Gasteiger partial charge is 0.235 e. The summed E-state index contributed by atoms with van der Waals surface area (Å²) in [4.78, 5) is 16.3. The fourth-order valence-electron chi connectivity index (χ4n) is 3.43. The lowest BCUT2D eigenvalue weighted by molar-refractivity contribution is 0.101. The molecule has 0 unspecified atom stereocenters. The Balaban J connectivity index is 1.87. The molecule has 1 aromatic heterocycles. The molecule has 27 heavy (non-hydrogen) atoms. The maximum Gasteiger partial charge on any atom is 0.235 e. The van der Waals surface area contributed by atoms with Crippen molar-refractivity contribution in [2.24, 2.45) is 0 Å². The van der Waals surface area contributed by atoms with Gasteiger partial charge in [-0.25, -0.2) is 0 Å². The van der Waals surface area contributed by atoms with Gasteiger partial charge in [0.1, 0.15) is 17.1 Å². The number of rotatable bonds is 4. The van der Waals surface area contributed by atoms with Crippen molar-refractivity contribution in [2.45, 2.75) is 6.42 Å². The molecular formula is C21H21NO4S. The number of likely N-dealkylation sites (N-methyl/N-ethyl adjacent to an activating group) is 1. The van der Waals surface area contributed by atoms with Crippen LogP contribution in [0.15, 0.2) is 35.4 Å². The van der Waals surface area contributed by atoms with E-state index in [0.29, 0.717) is 28.6 Å². The summed E-state index contributed by atoms with van der Waals surface area (Å²) in [6.07, 6.45) is 4.82. The number of hydrogen-bond donors (Lipinski definition) is 0.